The van der Waals surface area contributed by atoms with Gasteiger partial charge in [-0.15, -0.1) is 0 Å². The first-order chi connectivity index (χ1) is 10.9. The van der Waals surface area contributed by atoms with Crippen LogP contribution in [0.1, 0.15) is 34.6 Å². The number of carbonyl (C=O) groups is 4. The molecule has 0 fully saturated rings. The van der Waals surface area contributed by atoms with Gasteiger partial charge in [-0.2, -0.15) is 0 Å². The largest absolute Gasteiger partial charge is 0.399 e. The third-order valence-electron chi connectivity index (χ3n) is 2.51. The summed E-state index contributed by atoms with van der Waals surface area (Å²) in [6.07, 6.45) is 0. The molecule has 1 aromatic carbocycles. The Balaban J connectivity index is 2.99. The molecule has 0 aliphatic carbocycles. The minimum Gasteiger partial charge on any atom is -0.399 e. The molecule has 124 valence electrons. The summed E-state index contributed by atoms with van der Waals surface area (Å²) in [6, 6.07) is 3.52. The van der Waals surface area contributed by atoms with E-state index < -0.39 is 23.4 Å². The molecule has 2 amide bonds. The molecule has 0 heterocycles. The smallest absolute Gasteiger partial charge is 0.315 e. The number of carbonyl (C=O) groups excluding carboxylic acids is 4. The van der Waals surface area contributed by atoms with Crippen molar-refractivity contribution in [2.24, 2.45) is 0 Å². The Kier molecular flexibility index (Phi) is 6.84. The second-order valence-corrected chi connectivity index (χ2v) is 4.23. The monoisotopic (exact) mass is 323 g/mol. The summed E-state index contributed by atoms with van der Waals surface area (Å²) >= 11 is 0. The van der Waals surface area contributed by atoms with Crippen LogP contribution in [-0.2, 0) is 19.3 Å². The number of hydrogen-bond acceptors (Lipinski definition) is 7. The number of ketones is 2. The van der Waals surface area contributed by atoms with Gasteiger partial charge in [-0.25, -0.2) is 11.0 Å². The maximum absolute atomic E-state index is 11.9. The van der Waals surface area contributed by atoms with E-state index in [4.69, 9.17) is 5.73 Å². The summed E-state index contributed by atoms with van der Waals surface area (Å²) < 4.78 is 0. The zero-order valence-electron chi connectivity index (χ0n) is 12.7. The molecule has 0 aliphatic rings. The van der Waals surface area contributed by atoms with E-state index in [1.165, 1.54) is 12.1 Å². The highest BCUT2D eigenvalue weighted by Crippen LogP contribution is 2.14. The van der Waals surface area contributed by atoms with Crippen molar-refractivity contribution in [1.82, 2.24) is 11.0 Å². The van der Waals surface area contributed by atoms with Gasteiger partial charge < -0.3 is 5.73 Å². The van der Waals surface area contributed by atoms with Gasteiger partial charge in [0.2, 0.25) is 0 Å². The van der Waals surface area contributed by atoms with Crippen LogP contribution in [0, 0.1) is 0 Å². The number of hydroxylamine groups is 2. The molecule has 9 heteroatoms. The SMILES string of the molecule is CCONC(=O)C(=O)c1cc(N)cc(C(=O)C(=O)NOCC)c1. The topological polar surface area (TPSA) is 137 Å². The lowest BCUT2D eigenvalue weighted by Gasteiger charge is -2.07. The van der Waals surface area contributed by atoms with Crippen molar-refractivity contribution < 1.29 is 28.9 Å². The Labute approximate surface area is 132 Å². The molecule has 1 aromatic rings. The van der Waals surface area contributed by atoms with Crippen molar-refractivity contribution in [2.45, 2.75) is 13.8 Å². The predicted octanol–water partition coefficient (Wildman–Crippen LogP) is -0.230. The van der Waals surface area contributed by atoms with E-state index in [0.29, 0.717) is 0 Å². The number of rotatable bonds is 8. The number of benzene rings is 1. The van der Waals surface area contributed by atoms with Crippen LogP contribution in [0.25, 0.3) is 0 Å². The molecule has 0 aliphatic heterocycles. The van der Waals surface area contributed by atoms with E-state index in [1.54, 1.807) is 13.8 Å². The molecule has 0 spiro atoms. The first-order valence-electron chi connectivity index (χ1n) is 6.74. The van der Waals surface area contributed by atoms with E-state index in [-0.39, 0.29) is 30.0 Å². The van der Waals surface area contributed by atoms with Gasteiger partial charge in [0, 0.05) is 16.8 Å². The quantitative estimate of drug-likeness (QED) is 0.260. The van der Waals surface area contributed by atoms with E-state index >= 15 is 0 Å². The minimum absolute atomic E-state index is 0.0487. The molecule has 0 saturated heterocycles. The predicted molar refractivity (Wildman–Crippen MR) is 79.1 cm³/mol. The number of nitrogens with one attached hydrogen (secondary N) is 2. The summed E-state index contributed by atoms with van der Waals surface area (Å²) in [7, 11) is 0. The molecule has 0 aromatic heterocycles. The number of hydrogen-bond donors (Lipinski definition) is 3. The lowest BCUT2D eigenvalue weighted by atomic mass is 10.0. The average Bonchev–Trinajstić information content (AvgIpc) is 2.55. The summed E-state index contributed by atoms with van der Waals surface area (Å²) in [5.74, 6) is -3.95. The highest BCUT2D eigenvalue weighted by Gasteiger charge is 2.22. The Morgan fingerprint density at radius 1 is 0.870 bits per heavy atom. The van der Waals surface area contributed by atoms with Crippen LogP contribution in [0.3, 0.4) is 0 Å². The molecule has 0 bridgehead atoms. The van der Waals surface area contributed by atoms with Crippen LogP contribution in [0.4, 0.5) is 5.69 Å². The summed E-state index contributed by atoms with van der Waals surface area (Å²) in [6.45, 7) is 3.60. The zero-order chi connectivity index (χ0) is 17.4. The van der Waals surface area contributed by atoms with Crippen molar-refractivity contribution in [3.8, 4) is 0 Å². The third-order valence-corrected chi connectivity index (χ3v) is 2.51. The van der Waals surface area contributed by atoms with Crippen molar-refractivity contribution >= 4 is 29.1 Å². The fourth-order valence-electron chi connectivity index (χ4n) is 1.54. The molecule has 1 rings (SSSR count). The molecular weight excluding hydrogens is 306 g/mol. The van der Waals surface area contributed by atoms with Gasteiger partial charge in [0.25, 0.3) is 11.6 Å². The van der Waals surface area contributed by atoms with Gasteiger partial charge in [-0.1, -0.05) is 0 Å². The molecule has 0 saturated carbocycles. The van der Waals surface area contributed by atoms with E-state index in [9.17, 15) is 19.2 Å². The number of Topliss-reactive ketones (excluding diaryl/α,β-unsaturated/α-hetero) is 2. The van der Waals surface area contributed by atoms with E-state index in [0.717, 1.165) is 6.07 Å². The highest BCUT2D eigenvalue weighted by molar-refractivity contribution is 6.45. The lowest BCUT2D eigenvalue weighted by Crippen LogP contribution is -2.32. The van der Waals surface area contributed by atoms with Crippen molar-refractivity contribution in [3.63, 3.8) is 0 Å². The maximum atomic E-state index is 11.9. The van der Waals surface area contributed by atoms with E-state index in [2.05, 4.69) is 9.68 Å². The number of amides is 2. The average molecular weight is 323 g/mol. The molecule has 4 N–H and O–H groups in total. The molecule has 0 atom stereocenters. The van der Waals surface area contributed by atoms with Gasteiger partial charge in [0.1, 0.15) is 0 Å². The molecule has 0 unspecified atom stereocenters. The zero-order valence-corrected chi connectivity index (χ0v) is 12.7. The number of nitrogens with two attached hydrogens (primary N) is 1. The standard InChI is InChI=1S/C14H17N3O6/c1-3-22-16-13(20)11(18)8-5-9(7-10(15)6-8)12(19)14(21)17-23-4-2/h5-7H,3-4,15H2,1-2H3,(H,16,20)(H,17,21). The molecule has 23 heavy (non-hydrogen) atoms. The second kappa shape index (κ2) is 8.61. The summed E-state index contributed by atoms with van der Waals surface area (Å²) in [5, 5.41) is 0. The summed E-state index contributed by atoms with van der Waals surface area (Å²) in [5.41, 5.74) is 9.24. The van der Waals surface area contributed by atoms with E-state index in [1.807, 2.05) is 11.0 Å². The number of nitrogen functional groups attached to an aromatic ring is 1. The normalized spacial score (nSPS) is 10.0. The van der Waals surface area contributed by atoms with Crippen LogP contribution in [0.2, 0.25) is 0 Å². The minimum atomic E-state index is -1.02. The van der Waals surface area contributed by atoms with Gasteiger partial charge in [0.05, 0.1) is 13.2 Å². The van der Waals surface area contributed by atoms with Gasteiger partial charge >= 0.3 is 11.8 Å². The molecule has 0 radical (unpaired) electrons. The van der Waals surface area contributed by atoms with Gasteiger partial charge in [-0.05, 0) is 32.0 Å². The van der Waals surface area contributed by atoms with Crippen LogP contribution in [0.15, 0.2) is 18.2 Å². The second-order valence-electron chi connectivity index (χ2n) is 4.23. The van der Waals surface area contributed by atoms with Crippen LogP contribution >= 0.6 is 0 Å². The van der Waals surface area contributed by atoms with Crippen LogP contribution < -0.4 is 16.7 Å². The summed E-state index contributed by atoms with van der Waals surface area (Å²) in [4.78, 5) is 56.2. The Morgan fingerprint density at radius 3 is 1.61 bits per heavy atom. The fourth-order valence-corrected chi connectivity index (χ4v) is 1.54. The molecule has 9 nitrogen and oxygen atoms in total. The maximum Gasteiger partial charge on any atom is 0.315 e. The van der Waals surface area contributed by atoms with Crippen molar-refractivity contribution in [3.05, 3.63) is 29.3 Å². The van der Waals surface area contributed by atoms with Crippen LogP contribution in [-0.4, -0.2) is 36.6 Å². The highest BCUT2D eigenvalue weighted by atomic mass is 16.7. The number of anilines is 1. The lowest BCUT2D eigenvalue weighted by molar-refractivity contribution is -0.128. The first kappa shape index (κ1) is 18.3. The fraction of sp³-hybridized carbons (Fsp3) is 0.286. The van der Waals surface area contributed by atoms with Crippen LogP contribution in [0.5, 0.6) is 0 Å². The third kappa shape index (κ3) is 5.16. The van der Waals surface area contributed by atoms with Gasteiger partial charge in [0.15, 0.2) is 0 Å². The Bertz CT molecular complexity index is 579. The molecular formula is C14H17N3O6. The van der Waals surface area contributed by atoms with Crippen molar-refractivity contribution in [1.29, 1.82) is 0 Å². The van der Waals surface area contributed by atoms with Gasteiger partial charge in [-0.3, -0.25) is 28.9 Å². The van der Waals surface area contributed by atoms with Crippen molar-refractivity contribution in [2.75, 3.05) is 18.9 Å². The Morgan fingerprint density at radius 2 is 1.26 bits per heavy atom. The first-order valence-corrected chi connectivity index (χ1v) is 6.74. The Hall–Kier alpha value is -2.78.